The summed E-state index contributed by atoms with van der Waals surface area (Å²) in [5.41, 5.74) is 0. The van der Waals surface area contributed by atoms with E-state index in [0.29, 0.717) is 25.2 Å². The molecule has 6 heteroatoms. The molecule has 1 aliphatic heterocycles. The molecule has 0 saturated carbocycles. The minimum Gasteiger partial charge on any atom is -0.461 e. The summed E-state index contributed by atoms with van der Waals surface area (Å²) in [6, 6.07) is -0.637. The number of hydrogen-bond acceptors (Lipinski definition) is 5. The lowest BCUT2D eigenvalue weighted by atomic mass is 9.83. The lowest BCUT2D eigenvalue weighted by Gasteiger charge is -2.38. The maximum absolute atomic E-state index is 12.9. The first kappa shape index (κ1) is 32.4. The van der Waals surface area contributed by atoms with Gasteiger partial charge < -0.3 is 14.8 Å². The van der Waals surface area contributed by atoms with Gasteiger partial charge in [-0.15, -0.1) is 0 Å². The number of cyclic esters (lactones) is 1. The van der Waals surface area contributed by atoms with Crippen LogP contribution in [-0.4, -0.2) is 36.6 Å². The third kappa shape index (κ3) is 13.6. The van der Waals surface area contributed by atoms with Crippen molar-refractivity contribution in [1.82, 2.24) is 5.32 Å². The number of ether oxygens (including phenoxy) is 2. The molecule has 1 rings (SSSR count). The van der Waals surface area contributed by atoms with E-state index in [0.717, 1.165) is 32.1 Å². The van der Waals surface area contributed by atoms with Gasteiger partial charge in [0.25, 0.3) is 0 Å². The van der Waals surface area contributed by atoms with Gasteiger partial charge in [-0.3, -0.25) is 9.59 Å². The molecule has 0 bridgehead atoms. The quantitative estimate of drug-likeness (QED) is 0.0900. The average molecular weight is 510 g/mol. The highest BCUT2D eigenvalue weighted by molar-refractivity contribution is 5.79. The molecular weight excluding hydrogens is 454 g/mol. The summed E-state index contributed by atoms with van der Waals surface area (Å²) in [5, 5.41) is 2.62. The van der Waals surface area contributed by atoms with Gasteiger partial charge in [0.1, 0.15) is 18.2 Å². The summed E-state index contributed by atoms with van der Waals surface area (Å²) in [7, 11) is 0. The Morgan fingerprint density at radius 2 is 1.53 bits per heavy atom. The third-order valence-corrected chi connectivity index (χ3v) is 7.54. The predicted molar refractivity (Wildman–Crippen MR) is 145 cm³/mol. The molecule has 6 nitrogen and oxygen atoms in total. The highest BCUT2D eigenvalue weighted by atomic mass is 16.6. The molecule has 0 aliphatic carbocycles. The average Bonchev–Trinajstić information content (AvgIpc) is 2.84. The summed E-state index contributed by atoms with van der Waals surface area (Å²) in [6.45, 7) is 10.6. The second kappa shape index (κ2) is 19.5. The van der Waals surface area contributed by atoms with Crippen molar-refractivity contribution < 1.29 is 23.9 Å². The molecule has 0 aromatic rings. The van der Waals surface area contributed by atoms with Crippen LogP contribution in [0.1, 0.15) is 137 Å². The Labute approximate surface area is 221 Å². The normalized spacial score (nSPS) is 19.8. The van der Waals surface area contributed by atoms with Crippen molar-refractivity contribution in [2.24, 2.45) is 17.8 Å². The lowest BCUT2D eigenvalue weighted by Crippen LogP contribution is -2.48. The minimum atomic E-state index is -0.637. The molecule has 0 radical (unpaired) electrons. The number of hydrogen-bond donors (Lipinski definition) is 1. The largest absolute Gasteiger partial charge is 0.461 e. The Kier molecular flexibility index (Phi) is 17.6. The van der Waals surface area contributed by atoms with E-state index in [1.54, 1.807) is 0 Å². The van der Waals surface area contributed by atoms with E-state index in [9.17, 15) is 14.4 Å². The number of carbonyl (C=O) groups is 3. The molecule has 210 valence electrons. The zero-order chi connectivity index (χ0) is 26.8. The van der Waals surface area contributed by atoms with Gasteiger partial charge in [-0.1, -0.05) is 105 Å². The van der Waals surface area contributed by atoms with Crippen LogP contribution in [0.2, 0.25) is 0 Å². The number of rotatable bonds is 23. The Hall–Kier alpha value is -1.59. The topological polar surface area (TPSA) is 81.7 Å². The van der Waals surface area contributed by atoms with E-state index in [1.165, 1.54) is 57.8 Å². The SMILES string of the molecule is CCCCCCCCCCCCC[C@@H](C[C@@H]1OC(=O)[C@H]1CC(C)CC)OC(=O)C(CC(C)C)NC=O. The van der Waals surface area contributed by atoms with Crippen LogP contribution < -0.4 is 5.32 Å². The van der Waals surface area contributed by atoms with Gasteiger partial charge in [-0.25, -0.2) is 4.79 Å². The molecule has 1 heterocycles. The molecule has 1 N–H and O–H groups in total. The minimum absolute atomic E-state index is 0.0990. The first-order valence-electron chi connectivity index (χ1n) is 14.9. The highest BCUT2D eigenvalue weighted by Crippen LogP contribution is 2.34. The molecule has 1 amide bonds. The van der Waals surface area contributed by atoms with Gasteiger partial charge >= 0.3 is 11.9 Å². The van der Waals surface area contributed by atoms with Crippen molar-refractivity contribution in [2.75, 3.05) is 0 Å². The highest BCUT2D eigenvalue weighted by Gasteiger charge is 2.44. The Bertz CT molecular complexity index is 608. The fraction of sp³-hybridized carbons (Fsp3) is 0.900. The second-order valence-corrected chi connectivity index (χ2v) is 11.4. The first-order valence-corrected chi connectivity index (χ1v) is 14.9. The van der Waals surface area contributed by atoms with Crippen LogP contribution in [0, 0.1) is 17.8 Å². The number of carbonyl (C=O) groups excluding carboxylic acids is 3. The standard InChI is InChI=1S/C30H55NO5/c1-6-8-9-10-11-12-13-14-15-16-17-18-25(35-30(34)27(31-22-32)19-23(3)4)21-28-26(29(33)36-28)20-24(5)7-2/h22-28H,6-21H2,1-5H3,(H,31,32)/t24?,25-,26-,27?,28-/m0/s1. The van der Waals surface area contributed by atoms with E-state index in [2.05, 4.69) is 26.1 Å². The number of amides is 1. The van der Waals surface area contributed by atoms with Gasteiger partial charge in [-0.2, -0.15) is 0 Å². The van der Waals surface area contributed by atoms with E-state index in [1.807, 2.05) is 13.8 Å². The van der Waals surface area contributed by atoms with Crippen LogP contribution in [0.5, 0.6) is 0 Å². The monoisotopic (exact) mass is 509 g/mol. The van der Waals surface area contributed by atoms with E-state index < -0.39 is 6.04 Å². The zero-order valence-electron chi connectivity index (χ0n) is 23.9. The van der Waals surface area contributed by atoms with Crippen molar-refractivity contribution in [3.05, 3.63) is 0 Å². The number of unbranched alkanes of at least 4 members (excludes halogenated alkanes) is 10. The lowest BCUT2D eigenvalue weighted by molar-refractivity contribution is -0.191. The molecule has 2 unspecified atom stereocenters. The molecule has 5 atom stereocenters. The van der Waals surface area contributed by atoms with Crippen molar-refractivity contribution in [1.29, 1.82) is 0 Å². The van der Waals surface area contributed by atoms with Gasteiger partial charge in [0.05, 0.1) is 5.92 Å². The first-order chi connectivity index (χ1) is 17.3. The third-order valence-electron chi connectivity index (χ3n) is 7.54. The fourth-order valence-electron chi connectivity index (χ4n) is 5.01. The van der Waals surface area contributed by atoms with E-state index in [-0.39, 0.29) is 36.0 Å². The van der Waals surface area contributed by atoms with Crippen molar-refractivity contribution >= 4 is 18.3 Å². The molecule has 0 aromatic heterocycles. The summed E-state index contributed by atoms with van der Waals surface area (Å²) in [4.78, 5) is 36.0. The zero-order valence-corrected chi connectivity index (χ0v) is 23.9. The molecule has 1 saturated heterocycles. The molecule has 0 spiro atoms. The van der Waals surface area contributed by atoms with Crippen LogP contribution in [0.15, 0.2) is 0 Å². The van der Waals surface area contributed by atoms with Gasteiger partial charge in [0.15, 0.2) is 0 Å². The number of nitrogens with one attached hydrogen (secondary N) is 1. The van der Waals surface area contributed by atoms with Crippen LogP contribution in [0.3, 0.4) is 0 Å². The summed E-state index contributed by atoms with van der Waals surface area (Å²) >= 11 is 0. The summed E-state index contributed by atoms with van der Waals surface area (Å²) < 4.78 is 11.4. The van der Waals surface area contributed by atoms with Gasteiger partial charge in [0, 0.05) is 6.42 Å². The maximum atomic E-state index is 12.9. The molecule has 1 fully saturated rings. The van der Waals surface area contributed by atoms with Crippen molar-refractivity contribution in [3.8, 4) is 0 Å². The Balaban J connectivity index is 2.54. The molecular formula is C30H55NO5. The van der Waals surface area contributed by atoms with E-state index >= 15 is 0 Å². The Morgan fingerprint density at radius 3 is 2.03 bits per heavy atom. The van der Waals surface area contributed by atoms with Gasteiger partial charge in [-0.05, 0) is 37.5 Å². The van der Waals surface area contributed by atoms with E-state index in [4.69, 9.17) is 9.47 Å². The molecule has 1 aliphatic rings. The van der Waals surface area contributed by atoms with Crippen LogP contribution in [0.25, 0.3) is 0 Å². The fourth-order valence-corrected chi connectivity index (χ4v) is 5.01. The second-order valence-electron chi connectivity index (χ2n) is 11.4. The molecule has 36 heavy (non-hydrogen) atoms. The van der Waals surface area contributed by atoms with Crippen LogP contribution >= 0.6 is 0 Å². The van der Waals surface area contributed by atoms with Crippen LogP contribution in [0.4, 0.5) is 0 Å². The smallest absolute Gasteiger partial charge is 0.328 e. The molecule has 0 aromatic carbocycles. The maximum Gasteiger partial charge on any atom is 0.328 e. The number of esters is 2. The summed E-state index contributed by atoms with van der Waals surface area (Å²) in [5.74, 6) is 0.115. The van der Waals surface area contributed by atoms with Crippen molar-refractivity contribution in [2.45, 2.75) is 156 Å². The predicted octanol–water partition coefficient (Wildman–Crippen LogP) is 7.13. The van der Waals surface area contributed by atoms with Crippen molar-refractivity contribution in [3.63, 3.8) is 0 Å². The van der Waals surface area contributed by atoms with Gasteiger partial charge in [0.2, 0.25) is 6.41 Å². The Morgan fingerprint density at radius 1 is 0.944 bits per heavy atom. The van der Waals surface area contributed by atoms with Crippen LogP contribution in [-0.2, 0) is 23.9 Å². The summed E-state index contributed by atoms with van der Waals surface area (Å²) in [6.07, 6.45) is 17.7.